The number of carbonyl (C=O) groups is 1. The van der Waals surface area contributed by atoms with Gasteiger partial charge in [0.25, 0.3) is 0 Å². The molecule has 0 heterocycles. The highest BCUT2D eigenvalue weighted by molar-refractivity contribution is 5.90. The lowest BCUT2D eigenvalue weighted by Crippen LogP contribution is -2.09. The van der Waals surface area contributed by atoms with Crippen LogP contribution in [0.4, 0.5) is 5.69 Å². The molecule has 0 aromatic heterocycles. The maximum Gasteiger partial charge on any atom is 0.351 e. The fourth-order valence-corrected chi connectivity index (χ4v) is 0.964. The topological polar surface area (TPSA) is 58.6 Å². The molecule has 4 nitrogen and oxygen atoms in total. The maximum atomic E-state index is 10.5. The zero-order chi connectivity index (χ0) is 10.6. The summed E-state index contributed by atoms with van der Waals surface area (Å²) in [5.41, 5.74) is 0.497. The van der Waals surface area contributed by atoms with Gasteiger partial charge in [0, 0.05) is 0 Å². The minimum atomic E-state index is -1.09. The Labute approximate surface area is 81.8 Å². The van der Waals surface area contributed by atoms with Crippen LogP contribution in [0.3, 0.4) is 0 Å². The Bertz CT molecular complexity index is 360. The Morgan fingerprint density at radius 2 is 2.14 bits per heavy atom. The van der Waals surface area contributed by atoms with Crippen LogP contribution in [0.25, 0.3) is 0 Å². The van der Waals surface area contributed by atoms with Crippen LogP contribution in [0, 0.1) is 0 Å². The van der Waals surface area contributed by atoms with E-state index in [-0.39, 0.29) is 5.70 Å². The summed E-state index contributed by atoms with van der Waals surface area (Å²) < 4.78 is 5.03. The van der Waals surface area contributed by atoms with Crippen molar-refractivity contribution in [3.63, 3.8) is 0 Å². The normalized spacial score (nSPS) is 9.21. The Balaban J connectivity index is 2.85. The predicted octanol–water partition coefficient (Wildman–Crippen LogP) is 1.71. The van der Waals surface area contributed by atoms with Crippen molar-refractivity contribution in [3.05, 3.63) is 36.5 Å². The van der Waals surface area contributed by atoms with Gasteiger partial charge in [-0.3, -0.25) is 0 Å². The minimum absolute atomic E-state index is 0.0884. The first-order chi connectivity index (χ1) is 6.65. The number of carboxylic acid groups (broad SMARTS) is 1. The lowest BCUT2D eigenvalue weighted by atomic mass is 10.3. The van der Waals surface area contributed by atoms with Gasteiger partial charge in [-0.1, -0.05) is 18.7 Å². The molecule has 0 aliphatic carbocycles. The van der Waals surface area contributed by atoms with Crippen LogP contribution in [0.15, 0.2) is 36.5 Å². The molecule has 4 heteroatoms. The van der Waals surface area contributed by atoms with Crippen molar-refractivity contribution in [1.29, 1.82) is 0 Å². The molecule has 0 aliphatic rings. The Morgan fingerprint density at radius 1 is 1.50 bits per heavy atom. The number of hydrogen-bond donors (Lipinski definition) is 2. The maximum absolute atomic E-state index is 10.5. The molecule has 0 spiro atoms. The molecule has 1 aromatic carbocycles. The molecule has 14 heavy (non-hydrogen) atoms. The zero-order valence-electron chi connectivity index (χ0n) is 7.78. The van der Waals surface area contributed by atoms with Gasteiger partial charge in [-0.25, -0.2) is 4.79 Å². The van der Waals surface area contributed by atoms with E-state index in [9.17, 15) is 4.79 Å². The molecule has 0 saturated heterocycles. The Morgan fingerprint density at radius 3 is 2.71 bits per heavy atom. The predicted molar refractivity (Wildman–Crippen MR) is 53.4 cm³/mol. The molecule has 0 saturated carbocycles. The quantitative estimate of drug-likeness (QED) is 0.714. The molecule has 1 rings (SSSR count). The van der Waals surface area contributed by atoms with Gasteiger partial charge in [0.1, 0.15) is 11.4 Å². The first-order valence-corrected chi connectivity index (χ1v) is 3.97. The summed E-state index contributed by atoms with van der Waals surface area (Å²) in [4.78, 5) is 10.5. The van der Waals surface area contributed by atoms with Crippen LogP contribution in [-0.4, -0.2) is 18.2 Å². The molecule has 1 aromatic rings. The Hall–Kier alpha value is -1.97. The number of hydrogen-bond acceptors (Lipinski definition) is 3. The van der Waals surface area contributed by atoms with Crippen molar-refractivity contribution < 1.29 is 14.6 Å². The third-order valence-electron chi connectivity index (χ3n) is 1.65. The van der Waals surface area contributed by atoms with E-state index in [4.69, 9.17) is 9.84 Å². The standard InChI is InChI=1S/C10H11NO3/c1-7(10(12)13)11-8-5-3-4-6-9(8)14-2/h3-6,11H,1H2,2H3,(H,12,13). The van der Waals surface area contributed by atoms with E-state index in [1.807, 2.05) is 0 Å². The van der Waals surface area contributed by atoms with E-state index in [0.29, 0.717) is 11.4 Å². The lowest BCUT2D eigenvalue weighted by molar-refractivity contribution is -0.132. The van der Waals surface area contributed by atoms with Gasteiger partial charge in [-0.2, -0.15) is 0 Å². The van der Waals surface area contributed by atoms with Crippen LogP contribution in [-0.2, 0) is 4.79 Å². The van der Waals surface area contributed by atoms with E-state index < -0.39 is 5.97 Å². The van der Waals surface area contributed by atoms with Crippen LogP contribution in [0.2, 0.25) is 0 Å². The van der Waals surface area contributed by atoms with Gasteiger partial charge >= 0.3 is 5.97 Å². The number of methoxy groups -OCH3 is 1. The summed E-state index contributed by atoms with van der Waals surface area (Å²) in [5, 5.41) is 11.2. The summed E-state index contributed by atoms with van der Waals surface area (Å²) in [6.45, 7) is 3.36. The lowest BCUT2D eigenvalue weighted by Gasteiger charge is -2.09. The number of ether oxygens (including phenoxy) is 1. The van der Waals surface area contributed by atoms with Crippen LogP contribution in [0.1, 0.15) is 0 Å². The molecule has 2 N–H and O–H groups in total. The fraction of sp³-hybridized carbons (Fsp3) is 0.100. The molecule has 0 bridgehead atoms. The molecule has 0 radical (unpaired) electrons. The highest BCUT2D eigenvalue weighted by Gasteiger charge is 2.06. The number of nitrogens with one attached hydrogen (secondary N) is 1. The smallest absolute Gasteiger partial charge is 0.351 e. The molecule has 0 aliphatic heterocycles. The van der Waals surface area contributed by atoms with E-state index in [1.165, 1.54) is 7.11 Å². The molecule has 0 atom stereocenters. The van der Waals surface area contributed by atoms with Gasteiger partial charge in [0.05, 0.1) is 12.8 Å². The van der Waals surface area contributed by atoms with E-state index in [1.54, 1.807) is 24.3 Å². The van der Waals surface area contributed by atoms with Crippen molar-refractivity contribution >= 4 is 11.7 Å². The second kappa shape index (κ2) is 4.32. The second-order valence-electron chi connectivity index (χ2n) is 2.61. The minimum Gasteiger partial charge on any atom is -0.495 e. The third-order valence-corrected chi connectivity index (χ3v) is 1.65. The largest absolute Gasteiger partial charge is 0.495 e. The van der Waals surface area contributed by atoms with Crippen molar-refractivity contribution in [2.45, 2.75) is 0 Å². The van der Waals surface area contributed by atoms with Crippen molar-refractivity contribution in [1.82, 2.24) is 0 Å². The Kier molecular flexibility index (Phi) is 3.12. The van der Waals surface area contributed by atoms with Gasteiger partial charge < -0.3 is 15.2 Å². The third kappa shape index (κ3) is 2.26. The second-order valence-corrected chi connectivity index (χ2v) is 2.61. The number of para-hydroxylation sites is 2. The highest BCUT2D eigenvalue weighted by Crippen LogP contribution is 2.23. The molecule has 0 fully saturated rings. The monoisotopic (exact) mass is 193 g/mol. The number of carboxylic acids is 1. The van der Waals surface area contributed by atoms with Crippen molar-refractivity contribution in [2.24, 2.45) is 0 Å². The molecule has 74 valence electrons. The van der Waals surface area contributed by atoms with Gasteiger partial charge in [-0.05, 0) is 12.1 Å². The average Bonchev–Trinajstić information content (AvgIpc) is 2.18. The SMILES string of the molecule is C=C(Nc1ccccc1OC)C(=O)O. The number of aliphatic carboxylic acids is 1. The number of anilines is 1. The number of benzene rings is 1. The summed E-state index contributed by atoms with van der Waals surface area (Å²) >= 11 is 0. The zero-order valence-corrected chi connectivity index (χ0v) is 7.78. The van der Waals surface area contributed by atoms with E-state index >= 15 is 0 Å². The van der Waals surface area contributed by atoms with Crippen molar-refractivity contribution in [2.75, 3.05) is 12.4 Å². The van der Waals surface area contributed by atoms with E-state index in [0.717, 1.165) is 0 Å². The molecule has 0 amide bonds. The number of rotatable bonds is 4. The summed E-state index contributed by atoms with van der Waals surface area (Å²) in [5.74, 6) is -0.509. The summed E-state index contributed by atoms with van der Waals surface area (Å²) in [6.07, 6.45) is 0. The average molecular weight is 193 g/mol. The van der Waals surface area contributed by atoms with Crippen LogP contribution < -0.4 is 10.1 Å². The molecule has 0 unspecified atom stereocenters. The van der Waals surface area contributed by atoms with Crippen molar-refractivity contribution in [3.8, 4) is 5.75 Å². The molecular formula is C10H11NO3. The van der Waals surface area contributed by atoms with Gasteiger partial charge in [0.2, 0.25) is 0 Å². The summed E-state index contributed by atoms with van der Waals surface area (Å²) in [6, 6.07) is 7.03. The van der Waals surface area contributed by atoms with Crippen LogP contribution in [0.5, 0.6) is 5.75 Å². The van der Waals surface area contributed by atoms with Gasteiger partial charge in [-0.15, -0.1) is 0 Å². The fourth-order valence-electron chi connectivity index (χ4n) is 0.964. The highest BCUT2D eigenvalue weighted by atomic mass is 16.5. The van der Waals surface area contributed by atoms with E-state index in [2.05, 4.69) is 11.9 Å². The molecular weight excluding hydrogens is 182 g/mol. The van der Waals surface area contributed by atoms with Crippen LogP contribution >= 0.6 is 0 Å². The first kappa shape index (κ1) is 10.1. The van der Waals surface area contributed by atoms with Gasteiger partial charge in [0.15, 0.2) is 0 Å². The summed E-state index contributed by atoms with van der Waals surface area (Å²) in [7, 11) is 1.52. The first-order valence-electron chi connectivity index (χ1n) is 3.97.